The van der Waals surface area contributed by atoms with Gasteiger partial charge in [-0.05, 0) is 11.6 Å². The topological polar surface area (TPSA) is 63.3 Å². The number of benzene rings is 1. The Balaban J connectivity index is 3.29. The van der Waals surface area contributed by atoms with Crippen molar-refractivity contribution in [1.82, 2.24) is 0 Å². The van der Waals surface area contributed by atoms with E-state index in [2.05, 4.69) is 12.6 Å². The van der Waals surface area contributed by atoms with Crippen LogP contribution in [0.2, 0.25) is 0 Å². The van der Waals surface area contributed by atoms with Gasteiger partial charge in [0.2, 0.25) is 0 Å². The van der Waals surface area contributed by atoms with Crippen LogP contribution in [0.25, 0.3) is 0 Å². The second-order valence-electron chi connectivity index (χ2n) is 2.34. The van der Waals surface area contributed by atoms with E-state index >= 15 is 0 Å². The van der Waals surface area contributed by atoms with E-state index in [1.165, 1.54) is 0 Å². The summed E-state index contributed by atoms with van der Waals surface area (Å²) in [7, 11) is 0. The lowest BCUT2D eigenvalue weighted by molar-refractivity contribution is 0.0697. The van der Waals surface area contributed by atoms with Crippen molar-refractivity contribution in [1.29, 1.82) is 0 Å². The molecule has 0 amide bonds. The zero-order valence-corrected chi connectivity index (χ0v) is 7.21. The molecule has 4 heteroatoms. The number of nitrogen functional groups attached to an aromatic ring is 1. The maximum Gasteiger partial charge on any atom is 0.338 e. The molecule has 0 atom stereocenters. The third kappa shape index (κ3) is 1.53. The van der Waals surface area contributed by atoms with E-state index in [4.69, 9.17) is 10.8 Å². The molecule has 3 nitrogen and oxygen atoms in total. The lowest BCUT2D eigenvalue weighted by atomic mass is 10.1. The molecule has 0 bridgehead atoms. The number of carboxylic acid groups (broad SMARTS) is 1. The van der Waals surface area contributed by atoms with Crippen molar-refractivity contribution >= 4 is 24.3 Å². The molecule has 0 radical (unpaired) electrons. The van der Waals surface area contributed by atoms with Gasteiger partial charge in [-0.2, -0.15) is 12.6 Å². The first-order chi connectivity index (χ1) is 5.66. The van der Waals surface area contributed by atoms with Gasteiger partial charge in [-0.1, -0.05) is 12.1 Å². The van der Waals surface area contributed by atoms with Crippen molar-refractivity contribution in [2.45, 2.75) is 5.75 Å². The van der Waals surface area contributed by atoms with Crippen LogP contribution in [0.15, 0.2) is 18.2 Å². The molecule has 0 aliphatic rings. The number of carboxylic acids is 1. The van der Waals surface area contributed by atoms with E-state index in [1.54, 1.807) is 18.2 Å². The number of carbonyl (C=O) groups is 1. The van der Waals surface area contributed by atoms with Crippen molar-refractivity contribution in [2.24, 2.45) is 0 Å². The third-order valence-corrected chi connectivity index (χ3v) is 1.91. The first-order valence-electron chi connectivity index (χ1n) is 3.38. The van der Waals surface area contributed by atoms with Crippen molar-refractivity contribution < 1.29 is 9.90 Å². The summed E-state index contributed by atoms with van der Waals surface area (Å²) in [6.45, 7) is 0. The van der Waals surface area contributed by atoms with Crippen molar-refractivity contribution in [3.63, 3.8) is 0 Å². The molecule has 0 heterocycles. The Labute approximate surface area is 75.6 Å². The normalized spacial score (nSPS) is 9.75. The zero-order chi connectivity index (χ0) is 9.14. The maximum atomic E-state index is 10.7. The highest BCUT2D eigenvalue weighted by Crippen LogP contribution is 2.18. The smallest absolute Gasteiger partial charge is 0.338 e. The predicted molar refractivity (Wildman–Crippen MR) is 50.5 cm³/mol. The van der Waals surface area contributed by atoms with Gasteiger partial charge in [-0.25, -0.2) is 4.79 Å². The first kappa shape index (κ1) is 8.93. The number of aromatic carboxylic acids is 1. The van der Waals surface area contributed by atoms with Crippen LogP contribution < -0.4 is 5.73 Å². The second kappa shape index (κ2) is 3.49. The molecule has 0 aliphatic carbocycles. The molecule has 0 unspecified atom stereocenters. The molecule has 1 aromatic carbocycles. The summed E-state index contributed by atoms with van der Waals surface area (Å²) >= 11 is 4.00. The van der Waals surface area contributed by atoms with Gasteiger partial charge in [-0.15, -0.1) is 0 Å². The molecule has 0 saturated carbocycles. The largest absolute Gasteiger partial charge is 0.478 e. The van der Waals surface area contributed by atoms with Gasteiger partial charge in [0, 0.05) is 11.4 Å². The minimum atomic E-state index is -1.00. The maximum absolute atomic E-state index is 10.7. The Morgan fingerprint density at radius 2 is 2.25 bits per heavy atom. The highest BCUT2D eigenvalue weighted by atomic mass is 32.1. The van der Waals surface area contributed by atoms with Gasteiger partial charge < -0.3 is 10.8 Å². The van der Waals surface area contributed by atoms with Crippen LogP contribution in [0.5, 0.6) is 0 Å². The van der Waals surface area contributed by atoms with Gasteiger partial charge in [0.25, 0.3) is 0 Å². The molecule has 0 aromatic heterocycles. The average molecular weight is 183 g/mol. The van der Waals surface area contributed by atoms with Gasteiger partial charge in [0.15, 0.2) is 0 Å². The number of rotatable bonds is 2. The van der Waals surface area contributed by atoms with E-state index in [0.29, 0.717) is 11.3 Å². The predicted octanol–water partition coefficient (Wildman–Crippen LogP) is 1.40. The second-order valence-corrected chi connectivity index (χ2v) is 2.66. The summed E-state index contributed by atoms with van der Waals surface area (Å²) < 4.78 is 0. The van der Waals surface area contributed by atoms with Crippen molar-refractivity contribution in [3.05, 3.63) is 29.3 Å². The SMILES string of the molecule is Nc1cccc(CS)c1C(=O)O. The molecule has 1 aromatic rings. The van der Waals surface area contributed by atoms with Gasteiger partial charge in [0.05, 0.1) is 5.56 Å². The van der Waals surface area contributed by atoms with E-state index in [9.17, 15) is 4.79 Å². The fourth-order valence-electron chi connectivity index (χ4n) is 1.01. The quantitative estimate of drug-likeness (QED) is 0.479. The van der Waals surface area contributed by atoms with Crippen LogP contribution in [0, 0.1) is 0 Å². The summed E-state index contributed by atoms with van der Waals surface area (Å²) in [6.07, 6.45) is 0. The number of hydrogen-bond donors (Lipinski definition) is 3. The number of thiol groups is 1. The molecule has 1 rings (SSSR count). The Morgan fingerprint density at radius 1 is 1.58 bits per heavy atom. The molecular formula is C8H9NO2S. The van der Waals surface area contributed by atoms with Gasteiger partial charge >= 0.3 is 5.97 Å². The monoisotopic (exact) mass is 183 g/mol. The summed E-state index contributed by atoms with van der Waals surface area (Å²) in [5.74, 6) is -0.621. The molecule has 3 N–H and O–H groups in total. The van der Waals surface area contributed by atoms with Gasteiger partial charge in [-0.3, -0.25) is 0 Å². The van der Waals surface area contributed by atoms with Crippen LogP contribution in [0.4, 0.5) is 5.69 Å². The summed E-state index contributed by atoms with van der Waals surface area (Å²) in [5.41, 5.74) is 6.57. The summed E-state index contributed by atoms with van der Waals surface area (Å²) in [4.78, 5) is 10.7. The fourth-order valence-corrected chi connectivity index (χ4v) is 1.28. The minimum absolute atomic E-state index is 0.160. The highest BCUT2D eigenvalue weighted by Gasteiger charge is 2.11. The Hall–Kier alpha value is -1.16. The van der Waals surface area contributed by atoms with Crippen molar-refractivity contribution in [2.75, 3.05) is 5.73 Å². The van der Waals surface area contributed by atoms with Gasteiger partial charge in [0.1, 0.15) is 0 Å². The van der Waals surface area contributed by atoms with Crippen LogP contribution in [-0.2, 0) is 5.75 Å². The number of nitrogens with two attached hydrogens (primary N) is 1. The average Bonchev–Trinajstić information content (AvgIpc) is 2.03. The molecule has 0 spiro atoms. The van der Waals surface area contributed by atoms with Crippen molar-refractivity contribution in [3.8, 4) is 0 Å². The van der Waals surface area contributed by atoms with Crippen LogP contribution >= 0.6 is 12.6 Å². The fraction of sp³-hybridized carbons (Fsp3) is 0.125. The molecule has 0 fully saturated rings. The molecule has 12 heavy (non-hydrogen) atoms. The lowest BCUT2D eigenvalue weighted by Crippen LogP contribution is -2.05. The van der Waals surface area contributed by atoms with Crippen LogP contribution in [-0.4, -0.2) is 11.1 Å². The summed E-state index contributed by atoms with van der Waals surface area (Å²) in [5, 5.41) is 8.76. The summed E-state index contributed by atoms with van der Waals surface area (Å²) in [6, 6.07) is 4.98. The van der Waals surface area contributed by atoms with E-state index in [1.807, 2.05) is 0 Å². The molecular weight excluding hydrogens is 174 g/mol. The highest BCUT2D eigenvalue weighted by molar-refractivity contribution is 7.79. The zero-order valence-electron chi connectivity index (χ0n) is 6.32. The van der Waals surface area contributed by atoms with E-state index < -0.39 is 5.97 Å². The Kier molecular flexibility index (Phi) is 2.60. The standard InChI is InChI=1S/C8H9NO2S/c9-6-3-1-2-5(4-12)7(6)8(10)11/h1-3,12H,4,9H2,(H,10,11). The number of hydrogen-bond acceptors (Lipinski definition) is 3. The molecule has 0 saturated heterocycles. The van der Waals surface area contributed by atoms with Crippen LogP contribution in [0.3, 0.4) is 0 Å². The molecule has 64 valence electrons. The Morgan fingerprint density at radius 3 is 2.67 bits per heavy atom. The minimum Gasteiger partial charge on any atom is -0.478 e. The lowest BCUT2D eigenvalue weighted by Gasteiger charge is -2.04. The first-order valence-corrected chi connectivity index (χ1v) is 4.01. The third-order valence-electron chi connectivity index (χ3n) is 1.57. The number of anilines is 1. The Bertz CT molecular complexity index is 312. The molecule has 0 aliphatic heterocycles. The van der Waals surface area contributed by atoms with E-state index in [0.717, 1.165) is 0 Å². The van der Waals surface area contributed by atoms with E-state index in [-0.39, 0.29) is 11.3 Å². The van der Waals surface area contributed by atoms with Crippen LogP contribution in [0.1, 0.15) is 15.9 Å².